The molecule has 3 nitrogen and oxygen atoms in total. The molecule has 1 aliphatic heterocycles. The molecule has 1 fully saturated rings. The Kier molecular flexibility index (Phi) is 7.09. The molecule has 0 aromatic heterocycles. The van der Waals surface area contributed by atoms with Crippen molar-refractivity contribution in [1.29, 1.82) is 0 Å². The fourth-order valence-corrected chi connectivity index (χ4v) is 2.57. The Bertz CT molecular complexity index is 191. The number of rotatable bonds is 8. The predicted octanol–water partition coefficient (Wildman–Crippen LogP) is 2.12. The van der Waals surface area contributed by atoms with Crippen LogP contribution in [-0.4, -0.2) is 50.3 Å². The summed E-state index contributed by atoms with van der Waals surface area (Å²) < 4.78 is 5.20. The summed E-state index contributed by atoms with van der Waals surface area (Å²) in [5.41, 5.74) is 0. The second kappa shape index (κ2) is 8.06. The van der Waals surface area contributed by atoms with Crippen LogP contribution in [0.1, 0.15) is 40.0 Å². The lowest BCUT2D eigenvalue weighted by atomic mass is 10.1. The van der Waals surface area contributed by atoms with Crippen LogP contribution in [-0.2, 0) is 4.74 Å². The van der Waals surface area contributed by atoms with Crippen LogP contribution >= 0.6 is 0 Å². The maximum atomic E-state index is 5.20. The first kappa shape index (κ1) is 14.9. The molecule has 0 aromatic carbocycles. The average Bonchev–Trinajstić information content (AvgIpc) is 2.77. The lowest BCUT2D eigenvalue weighted by molar-refractivity contribution is 0.122. The van der Waals surface area contributed by atoms with E-state index in [0.29, 0.717) is 12.1 Å². The van der Waals surface area contributed by atoms with Crippen molar-refractivity contribution in [2.24, 2.45) is 5.92 Å². The maximum Gasteiger partial charge on any atom is 0.0477 e. The van der Waals surface area contributed by atoms with Crippen LogP contribution in [0.25, 0.3) is 0 Å². The van der Waals surface area contributed by atoms with Gasteiger partial charge in [-0.2, -0.15) is 0 Å². The van der Waals surface area contributed by atoms with Crippen LogP contribution in [0.4, 0.5) is 0 Å². The van der Waals surface area contributed by atoms with Crippen LogP contribution in [0.2, 0.25) is 0 Å². The van der Waals surface area contributed by atoms with Gasteiger partial charge in [0.15, 0.2) is 0 Å². The topological polar surface area (TPSA) is 24.5 Å². The lowest BCUT2D eigenvalue weighted by Crippen LogP contribution is -2.44. The molecule has 2 atom stereocenters. The number of nitrogens with one attached hydrogen (secondary N) is 1. The van der Waals surface area contributed by atoms with Crippen LogP contribution in [0.15, 0.2) is 0 Å². The van der Waals surface area contributed by atoms with Crippen molar-refractivity contribution < 1.29 is 4.74 Å². The highest BCUT2D eigenvalue weighted by atomic mass is 16.5. The number of methoxy groups -OCH3 is 1. The molecule has 17 heavy (non-hydrogen) atoms. The van der Waals surface area contributed by atoms with Crippen LogP contribution in [0.5, 0.6) is 0 Å². The van der Waals surface area contributed by atoms with E-state index in [-0.39, 0.29) is 0 Å². The Morgan fingerprint density at radius 2 is 2.12 bits per heavy atom. The van der Waals surface area contributed by atoms with E-state index in [9.17, 15) is 0 Å². The minimum Gasteiger partial charge on any atom is -0.385 e. The van der Waals surface area contributed by atoms with Gasteiger partial charge in [-0.05, 0) is 38.6 Å². The third-order valence-corrected chi connectivity index (χ3v) is 3.58. The van der Waals surface area contributed by atoms with Gasteiger partial charge in [0.2, 0.25) is 0 Å². The molecule has 102 valence electrons. The number of nitrogens with zero attached hydrogens (tertiary/aromatic N) is 1. The van der Waals surface area contributed by atoms with Gasteiger partial charge in [-0.25, -0.2) is 0 Å². The second-order valence-corrected chi connectivity index (χ2v) is 5.77. The fraction of sp³-hybridized carbons (Fsp3) is 1.00. The molecule has 0 bridgehead atoms. The van der Waals surface area contributed by atoms with E-state index in [1.54, 1.807) is 7.11 Å². The third kappa shape index (κ3) is 5.84. The Balaban J connectivity index is 2.40. The van der Waals surface area contributed by atoms with E-state index in [0.717, 1.165) is 18.9 Å². The smallest absolute Gasteiger partial charge is 0.0477 e. The quantitative estimate of drug-likeness (QED) is 0.705. The summed E-state index contributed by atoms with van der Waals surface area (Å²) in [6.45, 7) is 11.4. The van der Waals surface area contributed by atoms with Gasteiger partial charge in [0, 0.05) is 38.9 Å². The number of ether oxygens (including phenoxy) is 1. The maximum absolute atomic E-state index is 5.20. The minimum absolute atomic E-state index is 0.625. The van der Waals surface area contributed by atoms with E-state index in [2.05, 4.69) is 31.0 Å². The summed E-state index contributed by atoms with van der Waals surface area (Å²) in [7, 11) is 1.79. The standard InChI is InChI=1S/C14H30N2O/c1-12(2)10-16(13(3)7-9-17-4)11-14-6-5-8-15-14/h12-15H,5-11H2,1-4H3. The highest BCUT2D eigenvalue weighted by molar-refractivity contribution is 4.80. The van der Waals surface area contributed by atoms with Crippen LogP contribution < -0.4 is 5.32 Å². The van der Waals surface area contributed by atoms with Gasteiger partial charge >= 0.3 is 0 Å². The van der Waals surface area contributed by atoms with Crippen molar-refractivity contribution in [3.05, 3.63) is 0 Å². The Hall–Kier alpha value is -0.120. The zero-order chi connectivity index (χ0) is 12.7. The van der Waals surface area contributed by atoms with Crippen molar-refractivity contribution >= 4 is 0 Å². The summed E-state index contributed by atoms with van der Waals surface area (Å²) in [6.07, 6.45) is 3.81. The first-order valence-electron chi connectivity index (χ1n) is 7.09. The van der Waals surface area contributed by atoms with Gasteiger partial charge in [-0.15, -0.1) is 0 Å². The molecule has 0 radical (unpaired) electrons. The molecule has 3 heteroatoms. The summed E-state index contributed by atoms with van der Waals surface area (Å²) in [5.74, 6) is 0.737. The van der Waals surface area contributed by atoms with E-state index < -0.39 is 0 Å². The summed E-state index contributed by atoms with van der Waals surface area (Å²) in [6, 6.07) is 1.33. The number of hydrogen-bond acceptors (Lipinski definition) is 3. The first-order chi connectivity index (χ1) is 8.13. The minimum atomic E-state index is 0.625. The van der Waals surface area contributed by atoms with Crippen molar-refractivity contribution in [2.75, 3.05) is 33.4 Å². The molecule has 0 aromatic rings. The van der Waals surface area contributed by atoms with Gasteiger partial charge in [-0.1, -0.05) is 13.8 Å². The van der Waals surface area contributed by atoms with Gasteiger partial charge in [0.05, 0.1) is 0 Å². The average molecular weight is 242 g/mol. The highest BCUT2D eigenvalue weighted by Gasteiger charge is 2.21. The number of hydrogen-bond donors (Lipinski definition) is 1. The molecular formula is C14H30N2O. The Morgan fingerprint density at radius 1 is 1.35 bits per heavy atom. The van der Waals surface area contributed by atoms with Crippen LogP contribution in [0.3, 0.4) is 0 Å². The molecule has 1 heterocycles. The SMILES string of the molecule is COCCC(C)N(CC(C)C)CC1CCCN1. The molecular weight excluding hydrogens is 212 g/mol. The second-order valence-electron chi connectivity index (χ2n) is 5.77. The van der Waals surface area contributed by atoms with Gasteiger partial charge in [0.25, 0.3) is 0 Å². The molecule has 0 aliphatic carbocycles. The zero-order valence-electron chi connectivity index (χ0n) is 12.0. The predicted molar refractivity (Wildman–Crippen MR) is 73.4 cm³/mol. The van der Waals surface area contributed by atoms with Gasteiger partial charge in [0.1, 0.15) is 0 Å². The highest BCUT2D eigenvalue weighted by Crippen LogP contribution is 2.13. The fourth-order valence-electron chi connectivity index (χ4n) is 2.57. The van der Waals surface area contributed by atoms with Crippen molar-refractivity contribution in [2.45, 2.75) is 52.1 Å². The summed E-state index contributed by atoms with van der Waals surface area (Å²) in [4.78, 5) is 2.63. The van der Waals surface area contributed by atoms with Crippen molar-refractivity contribution in [1.82, 2.24) is 10.2 Å². The van der Waals surface area contributed by atoms with Gasteiger partial charge in [-0.3, -0.25) is 4.90 Å². The summed E-state index contributed by atoms with van der Waals surface area (Å²) >= 11 is 0. The van der Waals surface area contributed by atoms with E-state index in [1.807, 2.05) is 0 Å². The molecule has 1 saturated heterocycles. The molecule has 1 rings (SSSR count). The molecule has 2 unspecified atom stereocenters. The molecule has 1 aliphatic rings. The van der Waals surface area contributed by atoms with Crippen molar-refractivity contribution in [3.8, 4) is 0 Å². The molecule has 1 N–H and O–H groups in total. The lowest BCUT2D eigenvalue weighted by Gasteiger charge is -2.32. The summed E-state index contributed by atoms with van der Waals surface area (Å²) in [5, 5.41) is 3.60. The Labute approximate surface area is 107 Å². The van der Waals surface area contributed by atoms with E-state index in [1.165, 1.54) is 32.5 Å². The van der Waals surface area contributed by atoms with Gasteiger partial charge < -0.3 is 10.1 Å². The van der Waals surface area contributed by atoms with Crippen LogP contribution in [0, 0.1) is 5.92 Å². The van der Waals surface area contributed by atoms with E-state index in [4.69, 9.17) is 4.74 Å². The molecule has 0 saturated carbocycles. The third-order valence-electron chi connectivity index (χ3n) is 3.58. The monoisotopic (exact) mass is 242 g/mol. The van der Waals surface area contributed by atoms with Crippen molar-refractivity contribution in [3.63, 3.8) is 0 Å². The molecule has 0 spiro atoms. The zero-order valence-corrected chi connectivity index (χ0v) is 12.0. The molecule has 0 amide bonds. The largest absolute Gasteiger partial charge is 0.385 e. The Morgan fingerprint density at radius 3 is 2.65 bits per heavy atom. The first-order valence-corrected chi connectivity index (χ1v) is 7.09. The normalized spacial score (nSPS) is 22.6. The van der Waals surface area contributed by atoms with E-state index >= 15 is 0 Å².